The first-order valence-corrected chi connectivity index (χ1v) is 10.1. The summed E-state index contributed by atoms with van der Waals surface area (Å²) in [4.78, 5) is 24.7. The van der Waals surface area contributed by atoms with Crippen LogP contribution in [0.3, 0.4) is 0 Å². The third-order valence-electron chi connectivity index (χ3n) is 8.82. The van der Waals surface area contributed by atoms with Gasteiger partial charge in [-0.3, -0.25) is 9.59 Å². The van der Waals surface area contributed by atoms with Crippen molar-refractivity contribution in [3.05, 3.63) is 23.8 Å². The lowest BCUT2D eigenvalue weighted by molar-refractivity contribution is -0.182. The lowest BCUT2D eigenvalue weighted by atomic mass is 9.44. The monoisotopic (exact) mass is 392 g/mol. The normalized spacial score (nSPS) is 50.5. The van der Waals surface area contributed by atoms with E-state index in [-0.39, 0.29) is 31.0 Å². The van der Waals surface area contributed by atoms with Crippen LogP contribution >= 0.6 is 0 Å². The van der Waals surface area contributed by atoms with Gasteiger partial charge >= 0.3 is 0 Å². The summed E-state index contributed by atoms with van der Waals surface area (Å²) in [6.45, 7) is 6.74. The molecule has 0 aromatic heterocycles. The van der Waals surface area contributed by atoms with Gasteiger partial charge in [-0.15, -0.1) is 0 Å². The Kier molecular flexibility index (Phi) is 4.15. The van der Waals surface area contributed by atoms with E-state index < -0.39 is 46.5 Å². The largest absolute Gasteiger partial charge is 0.388 e. The number of aliphatic hydroxyl groups excluding tert-OH is 2. The van der Waals surface area contributed by atoms with Crippen LogP contribution in [0, 0.1) is 22.7 Å². The van der Waals surface area contributed by atoms with Crippen LogP contribution in [0.15, 0.2) is 23.8 Å². The third kappa shape index (κ3) is 2.06. The molecule has 4 aliphatic carbocycles. The minimum absolute atomic E-state index is 0.0305. The van der Waals surface area contributed by atoms with Gasteiger partial charge in [-0.25, -0.2) is 4.39 Å². The Labute approximate surface area is 164 Å². The Bertz CT molecular complexity index is 805. The van der Waals surface area contributed by atoms with Crippen LogP contribution in [-0.4, -0.2) is 50.9 Å². The van der Waals surface area contributed by atoms with Gasteiger partial charge in [-0.2, -0.15) is 0 Å². The molecule has 7 atom stereocenters. The zero-order valence-electron chi connectivity index (χ0n) is 16.5. The van der Waals surface area contributed by atoms with E-state index in [1.165, 1.54) is 6.08 Å². The van der Waals surface area contributed by atoms with Crippen molar-refractivity contribution in [1.29, 1.82) is 0 Å². The zero-order valence-corrected chi connectivity index (χ0v) is 16.5. The molecule has 0 bridgehead atoms. The maximum Gasteiger partial charge on any atom is 0.194 e. The van der Waals surface area contributed by atoms with E-state index in [0.717, 1.165) is 5.57 Å². The van der Waals surface area contributed by atoms with E-state index in [9.17, 15) is 24.9 Å². The van der Waals surface area contributed by atoms with Gasteiger partial charge in [0.05, 0.1) is 0 Å². The summed E-state index contributed by atoms with van der Waals surface area (Å²) in [5.41, 5.74) is -4.20. The summed E-state index contributed by atoms with van der Waals surface area (Å²) >= 11 is 0. The molecule has 0 aliphatic heterocycles. The molecule has 1 unspecified atom stereocenters. The standard InChI is InChI=1S/C22H29FO5/c1-12-8-15-14-5-4-13-9-16(25)17(26)10-20(13,3)21(14,23)7-6-19(15,2)22(12,28)18(27)11-24/h9,14-16,24-25,28H,1,4-8,10-11H2,2-3H3/t14-,15-,16?,19-,20-,21+,22-/m0/s1. The molecule has 0 heterocycles. The Balaban J connectivity index is 1.79. The number of rotatable bonds is 2. The maximum atomic E-state index is 16.8. The molecule has 6 heteroatoms. The number of allylic oxidation sites excluding steroid dienone is 1. The molecule has 0 aromatic carbocycles. The molecule has 0 amide bonds. The highest BCUT2D eigenvalue weighted by molar-refractivity contribution is 5.93. The van der Waals surface area contributed by atoms with Crippen LogP contribution in [0.1, 0.15) is 52.4 Å². The van der Waals surface area contributed by atoms with Crippen LogP contribution in [0.2, 0.25) is 0 Å². The predicted octanol–water partition coefficient (Wildman–Crippen LogP) is 2.04. The lowest BCUT2D eigenvalue weighted by Gasteiger charge is -2.61. The zero-order chi connectivity index (χ0) is 20.7. The first-order valence-electron chi connectivity index (χ1n) is 10.1. The number of hydrogen-bond donors (Lipinski definition) is 3. The number of carbonyl (C=O) groups excluding carboxylic acids is 2. The Morgan fingerprint density at radius 3 is 2.64 bits per heavy atom. The average Bonchev–Trinajstić information content (AvgIpc) is 2.85. The van der Waals surface area contributed by atoms with Gasteiger partial charge in [0.15, 0.2) is 17.2 Å². The van der Waals surface area contributed by atoms with Crippen molar-refractivity contribution in [2.24, 2.45) is 22.7 Å². The number of fused-ring (bicyclic) bond motifs is 5. The van der Waals surface area contributed by atoms with Crippen molar-refractivity contribution in [2.45, 2.75) is 69.7 Å². The van der Waals surface area contributed by atoms with Crippen molar-refractivity contribution in [1.82, 2.24) is 0 Å². The van der Waals surface area contributed by atoms with Gasteiger partial charge < -0.3 is 15.3 Å². The van der Waals surface area contributed by atoms with Gasteiger partial charge in [-0.05, 0) is 55.6 Å². The quantitative estimate of drug-likeness (QED) is 0.625. The number of halogens is 1. The molecule has 3 saturated carbocycles. The second-order valence-corrected chi connectivity index (χ2v) is 9.74. The van der Waals surface area contributed by atoms with E-state index in [4.69, 9.17) is 0 Å². The van der Waals surface area contributed by atoms with Crippen LogP contribution in [0.4, 0.5) is 4.39 Å². The average molecular weight is 392 g/mol. The summed E-state index contributed by atoms with van der Waals surface area (Å²) < 4.78 is 16.8. The molecule has 0 aromatic rings. The highest BCUT2D eigenvalue weighted by Crippen LogP contribution is 2.70. The topological polar surface area (TPSA) is 94.8 Å². The Hall–Kier alpha value is -1.37. The van der Waals surface area contributed by atoms with E-state index in [1.807, 2.05) is 6.92 Å². The second kappa shape index (κ2) is 5.83. The van der Waals surface area contributed by atoms with E-state index in [0.29, 0.717) is 24.8 Å². The predicted molar refractivity (Wildman–Crippen MR) is 100 cm³/mol. The summed E-state index contributed by atoms with van der Waals surface area (Å²) in [6.07, 6.45) is 2.18. The maximum absolute atomic E-state index is 16.8. The van der Waals surface area contributed by atoms with Crippen LogP contribution in [0.5, 0.6) is 0 Å². The fourth-order valence-electron chi connectivity index (χ4n) is 7.07. The lowest BCUT2D eigenvalue weighted by Crippen LogP contribution is -2.64. The molecule has 154 valence electrons. The number of hydrogen-bond acceptors (Lipinski definition) is 5. The number of ketones is 2. The van der Waals surface area contributed by atoms with Crippen molar-refractivity contribution >= 4 is 11.6 Å². The molecule has 28 heavy (non-hydrogen) atoms. The van der Waals surface area contributed by atoms with Crippen LogP contribution in [0.25, 0.3) is 0 Å². The number of alkyl halides is 1. The fraction of sp³-hybridized carbons (Fsp3) is 0.727. The smallest absolute Gasteiger partial charge is 0.194 e. The molecule has 0 radical (unpaired) electrons. The molecule has 5 nitrogen and oxygen atoms in total. The van der Waals surface area contributed by atoms with E-state index >= 15 is 4.39 Å². The fourth-order valence-corrected chi connectivity index (χ4v) is 7.07. The highest BCUT2D eigenvalue weighted by atomic mass is 19.1. The van der Waals surface area contributed by atoms with Gasteiger partial charge in [0.1, 0.15) is 18.4 Å². The summed E-state index contributed by atoms with van der Waals surface area (Å²) in [6, 6.07) is 0. The Morgan fingerprint density at radius 1 is 1.32 bits per heavy atom. The van der Waals surface area contributed by atoms with E-state index in [2.05, 4.69) is 6.58 Å². The van der Waals surface area contributed by atoms with Gasteiger partial charge in [-0.1, -0.05) is 26.0 Å². The molecule has 3 fully saturated rings. The van der Waals surface area contributed by atoms with Crippen molar-refractivity contribution in [3.63, 3.8) is 0 Å². The SMILES string of the molecule is C=C1C[C@H]2[C@@H]3CCC4=CC(O)C(=O)C[C@]4(C)[C@@]3(F)CC[C@]2(C)[C@@]1(O)C(=O)CO. The summed E-state index contributed by atoms with van der Waals surface area (Å²) in [5.74, 6) is -1.75. The van der Waals surface area contributed by atoms with Crippen molar-refractivity contribution < 1.29 is 29.3 Å². The highest BCUT2D eigenvalue weighted by Gasteiger charge is 2.72. The number of Topliss-reactive ketones (excluding diaryl/α,β-unsaturated/α-hetero) is 2. The summed E-state index contributed by atoms with van der Waals surface area (Å²) in [5, 5.41) is 30.7. The van der Waals surface area contributed by atoms with Crippen molar-refractivity contribution in [2.75, 3.05) is 6.61 Å². The minimum atomic E-state index is -1.84. The molecule has 3 N–H and O–H groups in total. The molecular weight excluding hydrogens is 363 g/mol. The third-order valence-corrected chi connectivity index (χ3v) is 8.82. The second-order valence-electron chi connectivity index (χ2n) is 9.74. The molecule has 0 saturated heterocycles. The van der Waals surface area contributed by atoms with E-state index in [1.54, 1.807) is 6.92 Å². The summed E-state index contributed by atoms with van der Waals surface area (Å²) in [7, 11) is 0. The van der Waals surface area contributed by atoms with Gasteiger partial charge in [0.2, 0.25) is 0 Å². The molecule has 0 spiro atoms. The molecular formula is C22H29FO5. The molecule has 4 rings (SSSR count). The number of carbonyl (C=O) groups is 2. The Morgan fingerprint density at radius 2 is 2.00 bits per heavy atom. The van der Waals surface area contributed by atoms with Gasteiger partial charge in [0.25, 0.3) is 0 Å². The van der Waals surface area contributed by atoms with Crippen molar-refractivity contribution in [3.8, 4) is 0 Å². The van der Waals surface area contributed by atoms with Crippen LogP contribution < -0.4 is 0 Å². The first kappa shape index (κ1) is 19.9. The van der Waals surface area contributed by atoms with Crippen LogP contribution in [-0.2, 0) is 9.59 Å². The minimum Gasteiger partial charge on any atom is -0.388 e. The van der Waals surface area contributed by atoms with Gasteiger partial charge in [0, 0.05) is 17.3 Å². The number of aliphatic hydroxyl groups is 3. The molecule has 4 aliphatic rings. The first-order chi connectivity index (χ1) is 13.0.